The van der Waals surface area contributed by atoms with Crippen LogP contribution in [0.5, 0.6) is 0 Å². The van der Waals surface area contributed by atoms with E-state index in [9.17, 15) is 13.9 Å². The van der Waals surface area contributed by atoms with Crippen molar-refractivity contribution in [1.82, 2.24) is 4.90 Å². The van der Waals surface area contributed by atoms with Crippen molar-refractivity contribution in [2.75, 3.05) is 13.6 Å². The lowest BCUT2D eigenvalue weighted by Gasteiger charge is -2.21. The summed E-state index contributed by atoms with van der Waals surface area (Å²) in [4.78, 5) is 1.74. The van der Waals surface area contributed by atoms with Gasteiger partial charge in [-0.05, 0) is 36.9 Å². The summed E-state index contributed by atoms with van der Waals surface area (Å²) in [5.74, 6) is -0.777. The molecule has 0 spiro atoms. The average Bonchev–Trinajstić information content (AvgIpc) is 2.43. The van der Waals surface area contributed by atoms with E-state index in [2.05, 4.69) is 0 Å². The second kappa shape index (κ2) is 6.98. The van der Waals surface area contributed by atoms with Crippen LogP contribution in [0.2, 0.25) is 5.02 Å². The summed E-state index contributed by atoms with van der Waals surface area (Å²) in [5.41, 5.74) is 0.870. The predicted molar refractivity (Wildman–Crippen MR) is 79.1 cm³/mol. The molecule has 0 saturated heterocycles. The van der Waals surface area contributed by atoms with Crippen molar-refractivity contribution >= 4 is 11.6 Å². The van der Waals surface area contributed by atoms with Crippen LogP contribution in [-0.4, -0.2) is 23.6 Å². The number of hydrogen-bond acceptors (Lipinski definition) is 2. The predicted octanol–water partition coefficient (Wildman–Crippen LogP) is 3.78. The topological polar surface area (TPSA) is 23.5 Å². The highest BCUT2D eigenvalue weighted by Crippen LogP contribution is 2.22. The first-order valence-corrected chi connectivity index (χ1v) is 6.90. The third kappa shape index (κ3) is 4.24. The Hall–Kier alpha value is -1.49. The SMILES string of the molecule is CN(Cc1c(F)cccc1Cl)CC(O)c1cccc(F)c1. The van der Waals surface area contributed by atoms with E-state index in [4.69, 9.17) is 11.6 Å². The van der Waals surface area contributed by atoms with Gasteiger partial charge in [0.1, 0.15) is 11.6 Å². The van der Waals surface area contributed by atoms with Crippen molar-refractivity contribution in [1.29, 1.82) is 0 Å². The van der Waals surface area contributed by atoms with Gasteiger partial charge in [-0.2, -0.15) is 0 Å². The van der Waals surface area contributed by atoms with Gasteiger partial charge >= 0.3 is 0 Å². The van der Waals surface area contributed by atoms with Crippen LogP contribution < -0.4 is 0 Å². The van der Waals surface area contributed by atoms with Gasteiger partial charge in [0.15, 0.2) is 0 Å². The van der Waals surface area contributed by atoms with Gasteiger partial charge in [0.25, 0.3) is 0 Å². The van der Waals surface area contributed by atoms with E-state index in [0.717, 1.165) is 0 Å². The van der Waals surface area contributed by atoms with E-state index < -0.39 is 11.9 Å². The fraction of sp³-hybridized carbons (Fsp3) is 0.250. The monoisotopic (exact) mass is 311 g/mol. The molecule has 0 radical (unpaired) electrons. The molecule has 1 N–H and O–H groups in total. The summed E-state index contributed by atoms with van der Waals surface area (Å²) in [7, 11) is 1.74. The summed E-state index contributed by atoms with van der Waals surface area (Å²) < 4.78 is 26.8. The molecule has 0 aliphatic heterocycles. The molecule has 2 aromatic carbocycles. The van der Waals surface area contributed by atoms with Crippen LogP contribution in [0, 0.1) is 11.6 Å². The van der Waals surface area contributed by atoms with Gasteiger partial charge in [-0.1, -0.05) is 29.8 Å². The zero-order chi connectivity index (χ0) is 15.4. The molecule has 0 amide bonds. The minimum absolute atomic E-state index is 0.244. The van der Waals surface area contributed by atoms with Gasteiger partial charge in [0, 0.05) is 23.7 Å². The molecule has 0 saturated carbocycles. The molecular formula is C16H16ClF2NO. The fourth-order valence-electron chi connectivity index (χ4n) is 2.13. The first kappa shape index (κ1) is 15.9. The average molecular weight is 312 g/mol. The Morgan fingerprint density at radius 1 is 1.19 bits per heavy atom. The van der Waals surface area contributed by atoms with Gasteiger partial charge in [-0.3, -0.25) is 4.90 Å². The van der Waals surface area contributed by atoms with Crippen molar-refractivity contribution in [3.63, 3.8) is 0 Å². The molecule has 21 heavy (non-hydrogen) atoms. The zero-order valence-electron chi connectivity index (χ0n) is 11.6. The Kier molecular flexibility index (Phi) is 5.28. The molecular weight excluding hydrogens is 296 g/mol. The van der Waals surface area contributed by atoms with Crippen LogP contribution in [0.25, 0.3) is 0 Å². The van der Waals surface area contributed by atoms with Gasteiger partial charge in [0.05, 0.1) is 6.10 Å². The van der Waals surface area contributed by atoms with Crippen LogP contribution >= 0.6 is 11.6 Å². The highest BCUT2D eigenvalue weighted by atomic mass is 35.5. The summed E-state index contributed by atoms with van der Waals surface area (Å²) in [6.07, 6.45) is -0.851. The number of hydrogen-bond donors (Lipinski definition) is 1. The number of halogens is 3. The molecule has 0 heterocycles. The highest BCUT2D eigenvalue weighted by molar-refractivity contribution is 6.31. The van der Waals surface area contributed by atoms with Crippen molar-refractivity contribution in [3.8, 4) is 0 Å². The molecule has 0 aromatic heterocycles. The minimum Gasteiger partial charge on any atom is -0.387 e. The Morgan fingerprint density at radius 2 is 1.90 bits per heavy atom. The van der Waals surface area contributed by atoms with E-state index in [-0.39, 0.29) is 18.9 Å². The second-order valence-electron chi connectivity index (χ2n) is 4.97. The summed E-state index contributed by atoms with van der Waals surface area (Å²) in [5, 5.41) is 10.4. The molecule has 2 rings (SSSR count). The molecule has 2 aromatic rings. The van der Waals surface area contributed by atoms with Gasteiger partial charge in [-0.25, -0.2) is 8.78 Å². The zero-order valence-corrected chi connectivity index (χ0v) is 12.3. The summed E-state index contributed by atoms with van der Waals surface area (Å²) in [6.45, 7) is 0.506. The van der Waals surface area contributed by atoms with Gasteiger partial charge in [0.2, 0.25) is 0 Å². The lowest BCUT2D eigenvalue weighted by molar-refractivity contribution is 0.123. The smallest absolute Gasteiger partial charge is 0.129 e. The van der Waals surface area contributed by atoms with Crippen molar-refractivity contribution < 1.29 is 13.9 Å². The Labute approximate surface area is 127 Å². The Bertz CT molecular complexity index is 601. The molecule has 2 nitrogen and oxygen atoms in total. The van der Waals surface area contributed by atoms with Crippen LogP contribution in [0.15, 0.2) is 42.5 Å². The van der Waals surface area contributed by atoms with Crippen molar-refractivity contribution in [2.24, 2.45) is 0 Å². The maximum atomic E-state index is 13.7. The molecule has 0 bridgehead atoms. The molecule has 5 heteroatoms. The molecule has 0 fully saturated rings. The van der Waals surface area contributed by atoms with Crippen LogP contribution in [0.3, 0.4) is 0 Å². The summed E-state index contributed by atoms with van der Waals surface area (Å²) in [6, 6.07) is 10.3. The number of nitrogens with zero attached hydrogens (tertiary/aromatic N) is 1. The quantitative estimate of drug-likeness (QED) is 0.908. The highest BCUT2D eigenvalue weighted by Gasteiger charge is 2.14. The van der Waals surface area contributed by atoms with E-state index in [0.29, 0.717) is 16.1 Å². The van der Waals surface area contributed by atoms with Gasteiger partial charge < -0.3 is 5.11 Å². The van der Waals surface area contributed by atoms with Crippen molar-refractivity contribution in [3.05, 3.63) is 70.2 Å². The van der Waals surface area contributed by atoms with E-state index in [1.54, 1.807) is 36.2 Å². The molecule has 0 aliphatic rings. The molecule has 1 unspecified atom stereocenters. The molecule has 0 aliphatic carbocycles. The maximum Gasteiger partial charge on any atom is 0.129 e. The maximum absolute atomic E-state index is 13.7. The number of rotatable bonds is 5. The third-order valence-corrected chi connectivity index (χ3v) is 3.56. The van der Waals surface area contributed by atoms with E-state index in [1.807, 2.05) is 0 Å². The van der Waals surface area contributed by atoms with Crippen LogP contribution in [0.1, 0.15) is 17.2 Å². The fourth-order valence-corrected chi connectivity index (χ4v) is 2.36. The molecule has 1 atom stereocenters. The van der Waals surface area contributed by atoms with E-state index in [1.165, 1.54) is 18.2 Å². The van der Waals surface area contributed by atoms with Crippen molar-refractivity contribution in [2.45, 2.75) is 12.6 Å². The second-order valence-corrected chi connectivity index (χ2v) is 5.37. The van der Waals surface area contributed by atoms with Crippen LogP contribution in [-0.2, 0) is 6.54 Å². The first-order valence-electron chi connectivity index (χ1n) is 6.52. The van der Waals surface area contributed by atoms with Gasteiger partial charge in [-0.15, -0.1) is 0 Å². The minimum atomic E-state index is -0.851. The number of likely N-dealkylation sites (N-methyl/N-ethyl adjacent to an activating group) is 1. The number of aliphatic hydroxyl groups excluding tert-OH is 1. The normalized spacial score (nSPS) is 12.7. The lowest BCUT2D eigenvalue weighted by Crippen LogP contribution is -2.25. The Balaban J connectivity index is 2.03. The molecule has 112 valence electrons. The first-order chi connectivity index (χ1) is 9.97. The van der Waals surface area contributed by atoms with Crippen LogP contribution in [0.4, 0.5) is 8.78 Å². The van der Waals surface area contributed by atoms with E-state index >= 15 is 0 Å². The lowest BCUT2D eigenvalue weighted by atomic mass is 10.1. The standard InChI is InChI=1S/C16H16ClF2NO/c1-20(9-13-14(17)6-3-7-15(13)19)10-16(21)11-4-2-5-12(18)8-11/h2-8,16,21H,9-10H2,1H3. The third-order valence-electron chi connectivity index (χ3n) is 3.21. The summed E-state index contributed by atoms with van der Waals surface area (Å²) >= 11 is 5.97. The number of aliphatic hydroxyl groups is 1. The largest absolute Gasteiger partial charge is 0.387 e. The Morgan fingerprint density at radius 3 is 2.57 bits per heavy atom. The number of benzene rings is 2.